The third-order valence-corrected chi connectivity index (χ3v) is 4.65. The topological polar surface area (TPSA) is 122 Å². The second-order valence-electron chi connectivity index (χ2n) is 5.47. The molecule has 26 heavy (non-hydrogen) atoms. The molecular formula is C15H20FN3O6S. The summed E-state index contributed by atoms with van der Waals surface area (Å²) in [7, 11) is -1.02. The van der Waals surface area contributed by atoms with Gasteiger partial charge >= 0.3 is 5.97 Å². The fourth-order valence-electron chi connectivity index (χ4n) is 1.61. The lowest BCUT2D eigenvalue weighted by Crippen LogP contribution is -2.42. The molecule has 2 N–H and O–H groups in total. The van der Waals surface area contributed by atoms with Crippen molar-refractivity contribution < 1.29 is 31.9 Å². The first-order valence-electron chi connectivity index (χ1n) is 7.44. The Labute approximate surface area is 150 Å². The molecular weight excluding hydrogens is 369 g/mol. The smallest absolute Gasteiger partial charge is 0.324 e. The van der Waals surface area contributed by atoms with Crippen molar-refractivity contribution in [2.75, 3.05) is 27.2 Å². The molecule has 2 amide bonds. The van der Waals surface area contributed by atoms with E-state index in [2.05, 4.69) is 10.0 Å². The van der Waals surface area contributed by atoms with Crippen molar-refractivity contribution >= 4 is 27.8 Å². The van der Waals surface area contributed by atoms with E-state index in [1.165, 1.54) is 25.9 Å². The van der Waals surface area contributed by atoms with E-state index in [0.717, 1.165) is 24.3 Å². The summed E-state index contributed by atoms with van der Waals surface area (Å²) in [5.74, 6) is -2.63. The minimum Gasteiger partial charge on any atom is -0.454 e. The number of ether oxygens (including phenoxy) is 1. The molecule has 144 valence electrons. The van der Waals surface area contributed by atoms with Gasteiger partial charge in [-0.05, 0) is 31.2 Å². The Morgan fingerprint density at radius 3 is 2.31 bits per heavy atom. The van der Waals surface area contributed by atoms with Crippen molar-refractivity contribution in [3.05, 3.63) is 30.1 Å². The monoisotopic (exact) mass is 389 g/mol. The number of rotatable bonds is 8. The van der Waals surface area contributed by atoms with E-state index in [0.29, 0.717) is 0 Å². The van der Waals surface area contributed by atoms with Gasteiger partial charge in [-0.25, -0.2) is 12.8 Å². The number of sulfonamides is 1. The maximum absolute atomic E-state index is 12.8. The summed E-state index contributed by atoms with van der Waals surface area (Å²) >= 11 is 0. The van der Waals surface area contributed by atoms with Crippen LogP contribution in [0.1, 0.15) is 6.92 Å². The van der Waals surface area contributed by atoms with Gasteiger partial charge in [0.05, 0.1) is 11.4 Å². The van der Waals surface area contributed by atoms with Crippen LogP contribution in [0.25, 0.3) is 0 Å². The van der Waals surface area contributed by atoms with Crippen LogP contribution in [0.15, 0.2) is 29.2 Å². The van der Waals surface area contributed by atoms with Crippen molar-refractivity contribution in [3.8, 4) is 0 Å². The average Bonchev–Trinajstić information content (AvgIpc) is 2.57. The van der Waals surface area contributed by atoms with E-state index in [4.69, 9.17) is 4.74 Å². The summed E-state index contributed by atoms with van der Waals surface area (Å²) < 4.78 is 43.8. The highest BCUT2D eigenvalue weighted by Crippen LogP contribution is 2.10. The Bertz CT molecular complexity index is 764. The molecule has 1 aromatic rings. The highest BCUT2D eigenvalue weighted by molar-refractivity contribution is 7.89. The number of hydrogen-bond acceptors (Lipinski definition) is 6. The maximum Gasteiger partial charge on any atom is 0.324 e. The number of amides is 2. The molecule has 0 aromatic heterocycles. The fourth-order valence-corrected chi connectivity index (χ4v) is 2.80. The molecule has 0 unspecified atom stereocenters. The average molecular weight is 389 g/mol. The van der Waals surface area contributed by atoms with Crippen LogP contribution in [0.5, 0.6) is 0 Å². The summed E-state index contributed by atoms with van der Waals surface area (Å²) in [5.41, 5.74) is 0. The summed E-state index contributed by atoms with van der Waals surface area (Å²) in [6.45, 7) is 0.315. The molecule has 1 atom stereocenters. The number of benzene rings is 1. The molecule has 0 bridgehead atoms. The lowest BCUT2D eigenvalue weighted by molar-refractivity contribution is -0.149. The number of esters is 1. The van der Waals surface area contributed by atoms with Gasteiger partial charge in [0.1, 0.15) is 11.9 Å². The highest BCUT2D eigenvalue weighted by Gasteiger charge is 2.23. The highest BCUT2D eigenvalue weighted by atomic mass is 32.2. The van der Waals surface area contributed by atoms with Gasteiger partial charge in [-0.15, -0.1) is 0 Å². The van der Waals surface area contributed by atoms with Crippen molar-refractivity contribution in [1.29, 1.82) is 0 Å². The maximum atomic E-state index is 12.8. The number of hydrogen-bond donors (Lipinski definition) is 2. The molecule has 11 heteroatoms. The third-order valence-electron chi connectivity index (χ3n) is 3.09. The van der Waals surface area contributed by atoms with Gasteiger partial charge in [-0.2, -0.15) is 4.72 Å². The van der Waals surface area contributed by atoms with Crippen LogP contribution in [0, 0.1) is 5.82 Å². The van der Waals surface area contributed by atoms with Crippen LogP contribution in [-0.4, -0.2) is 64.4 Å². The second kappa shape index (κ2) is 9.25. The number of nitrogens with zero attached hydrogens (tertiary/aromatic N) is 1. The molecule has 0 aliphatic carbocycles. The number of carbonyl (C=O) groups is 3. The molecule has 0 aliphatic rings. The van der Waals surface area contributed by atoms with Crippen LogP contribution >= 0.6 is 0 Å². The summed E-state index contributed by atoms with van der Waals surface area (Å²) in [4.78, 5) is 35.7. The number of carbonyl (C=O) groups excluding carboxylic acids is 3. The van der Waals surface area contributed by atoms with Gasteiger partial charge in [0.15, 0.2) is 6.61 Å². The van der Waals surface area contributed by atoms with Gasteiger partial charge in [-0.3, -0.25) is 14.4 Å². The summed E-state index contributed by atoms with van der Waals surface area (Å²) in [5, 5.41) is 2.26. The van der Waals surface area contributed by atoms with Gasteiger partial charge in [0.25, 0.3) is 5.91 Å². The van der Waals surface area contributed by atoms with Crippen LogP contribution in [0.2, 0.25) is 0 Å². The van der Waals surface area contributed by atoms with Crippen LogP contribution in [0.4, 0.5) is 4.39 Å². The molecule has 0 heterocycles. The molecule has 0 aliphatic heterocycles. The summed E-state index contributed by atoms with van der Waals surface area (Å²) in [6.07, 6.45) is 0. The normalized spacial score (nSPS) is 12.2. The quantitative estimate of drug-likeness (QED) is 0.564. The zero-order valence-electron chi connectivity index (χ0n) is 14.5. The van der Waals surface area contributed by atoms with Gasteiger partial charge in [-0.1, -0.05) is 0 Å². The molecule has 9 nitrogen and oxygen atoms in total. The predicted octanol–water partition coefficient (Wildman–Crippen LogP) is -0.760. The number of halogens is 1. The molecule has 0 radical (unpaired) electrons. The van der Waals surface area contributed by atoms with E-state index >= 15 is 0 Å². The SMILES string of the molecule is C[C@H](NS(=O)(=O)c1ccc(F)cc1)C(=O)OCC(=O)NCC(=O)N(C)C. The minimum absolute atomic E-state index is 0.224. The zero-order chi connectivity index (χ0) is 19.9. The lowest BCUT2D eigenvalue weighted by Gasteiger charge is -2.14. The molecule has 0 spiro atoms. The van der Waals surface area contributed by atoms with E-state index < -0.39 is 40.4 Å². The van der Waals surface area contributed by atoms with Crippen LogP contribution < -0.4 is 10.0 Å². The van der Waals surface area contributed by atoms with Crippen molar-refractivity contribution in [3.63, 3.8) is 0 Å². The van der Waals surface area contributed by atoms with Crippen molar-refractivity contribution in [2.24, 2.45) is 0 Å². The third kappa shape index (κ3) is 6.76. The first-order valence-corrected chi connectivity index (χ1v) is 8.92. The van der Waals surface area contributed by atoms with Crippen LogP contribution in [0.3, 0.4) is 0 Å². The predicted molar refractivity (Wildman–Crippen MR) is 88.8 cm³/mol. The van der Waals surface area contributed by atoms with E-state index in [9.17, 15) is 27.2 Å². The fraction of sp³-hybridized carbons (Fsp3) is 0.400. The van der Waals surface area contributed by atoms with Crippen molar-refractivity contribution in [1.82, 2.24) is 14.9 Å². The van der Waals surface area contributed by atoms with E-state index in [1.807, 2.05) is 0 Å². The lowest BCUT2D eigenvalue weighted by atomic mass is 10.4. The van der Waals surface area contributed by atoms with Gasteiger partial charge in [0.2, 0.25) is 15.9 Å². The van der Waals surface area contributed by atoms with E-state index in [1.54, 1.807) is 0 Å². The number of nitrogens with one attached hydrogen (secondary N) is 2. The Morgan fingerprint density at radius 1 is 1.19 bits per heavy atom. The Balaban J connectivity index is 2.51. The molecule has 1 aromatic carbocycles. The molecule has 0 saturated heterocycles. The first-order chi connectivity index (χ1) is 12.0. The minimum atomic E-state index is -4.06. The van der Waals surface area contributed by atoms with Gasteiger partial charge in [0, 0.05) is 14.1 Å². The largest absolute Gasteiger partial charge is 0.454 e. The van der Waals surface area contributed by atoms with Crippen molar-refractivity contribution in [2.45, 2.75) is 17.9 Å². The van der Waals surface area contributed by atoms with Crippen LogP contribution in [-0.2, 0) is 29.1 Å². The Kier molecular flexibility index (Phi) is 7.65. The standard InChI is InChI=1S/C15H20FN3O6S/c1-10(18-26(23,24)12-6-4-11(16)5-7-12)15(22)25-9-13(20)17-8-14(21)19(2)3/h4-7,10,18H,8-9H2,1-3H3,(H,17,20)/t10-/m0/s1. The second-order valence-corrected chi connectivity index (χ2v) is 7.18. The Hall–Kier alpha value is -2.53. The number of likely N-dealkylation sites (N-methyl/N-ethyl adjacent to an activating group) is 1. The van der Waals surface area contributed by atoms with E-state index in [-0.39, 0.29) is 17.3 Å². The molecule has 0 saturated carbocycles. The van der Waals surface area contributed by atoms with Gasteiger partial charge < -0.3 is 15.0 Å². The first kappa shape index (κ1) is 21.5. The Morgan fingerprint density at radius 2 is 1.77 bits per heavy atom. The summed E-state index contributed by atoms with van der Waals surface area (Å²) in [6, 6.07) is 2.75. The molecule has 0 fully saturated rings. The zero-order valence-corrected chi connectivity index (χ0v) is 15.3. The molecule has 1 rings (SSSR count).